The molecule has 1 aliphatic rings. The number of hydrogen-bond acceptors (Lipinski definition) is 4. The predicted octanol–water partition coefficient (Wildman–Crippen LogP) is 2.43. The third kappa shape index (κ3) is 3.67. The van der Waals surface area contributed by atoms with E-state index in [0.29, 0.717) is 4.99 Å². The Morgan fingerprint density at radius 3 is 2.95 bits per heavy atom. The van der Waals surface area contributed by atoms with Crippen molar-refractivity contribution in [3.8, 4) is 0 Å². The van der Waals surface area contributed by atoms with E-state index in [1.807, 2.05) is 0 Å². The quantitative estimate of drug-likeness (QED) is 0.789. The zero-order chi connectivity index (χ0) is 14.5. The summed E-state index contributed by atoms with van der Waals surface area (Å²) in [7, 11) is 1.71. The minimum absolute atomic E-state index is 0.275. The fourth-order valence-corrected chi connectivity index (χ4v) is 2.69. The molecule has 0 aromatic carbocycles. The van der Waals surface area contributed by atoms with Gasteiger partial charge in [0.25, 0.3) is 0 Å². The number of nitrogens with two attached hydrogens (primary N) is 1. The largest absolute Gasteiger partial charge is 0.389 e. The number of aromatic nitrogens is 1. The third-order valence-electron chi connectivity index (χ3n) is 3.70. The lowest BCUT2D eigenvalue weighted by atomic mass is 9.94. The third-order valence-corrected chi connectivity index (χ3v) is 3.92. The van der Waals surface area contributed by atoms with Crippen molar-refractivity contribution in [3.05, 3.63) is 22.9 Å². The van der Waals surface area contributed by atoms with Crippen LogP contribution in [0.3, 0.4) is 0 Å². The molecule has 1 aromatic heterocycles. The average Bonchev–Trinajstić information content (AvgIpc) is 2.44. The summed E-state index contributed by atoms with van der Waals surface area (Å²) in [4.78, 5) is 5.17. The molecule has 3 N–H and O–H groups in total. The predicted molar refractivity (Wildman–Crippen MR) is 86.3 cm³/mol. The molecule has 0 spiro atoms. The van der Waals surface area contributed by atoms with E-state index in [1.165, 1.54) is 24.1 Å². The van der Waals surface area contributed by atoms with Gasteiger partial charge in [-0.05, 0) is 50.7 Å². The number of ether oxygens (including phenoxy) is 1. The molecule has 0 saturated heterocycles. The van der Waals surface area contributed by atoms with Crippen molar-refractivity contribution in [1.82, 2.24) is 4.98 Å². The number of pyridine rings is 1. The maximum absolute atomic E-state index is 5.85. The summed E-state index contributed by atoms with van der Waals surface area (Å²) in [5.74, 6) is 0.821. The molecule has 1 heterocycles. The summed E-state index contributed by atoms with van der Waals surface area (Å²) in [6, 6.07) is 2.40. The number of aryl methyl sites for hydroxylation is 2. The molecule has 0 bridgehead atoms. The first-order valence-electron chi connectivity index (χ1n) is 7.20. The molecule has 0 amide bonds. The molecular formula is C15H23N3OS. The highest BCUT2D eigenvalue weighted by Crippen LogP contribution is 2.25. The van der Waals surface area contributed by atoms with Crippen LogP contribution in [-0.2, 0) is 17.6 Å². The highest BCUT2D eigenvalue weighted by molar-refractivity contribution is 7.80. The maximum atomic E-state index is 5.85. The SMILES string of the molecule is COCCC(C)Nc1nc2c(cc1C(N)=S)CCCC2. The van der Waals surface area contributed by atoms with Crippen molar-refractivity contribution < 1.29 is 4.74 Å². The molecule has 0 radical (unpaired) electrons. The van der Waals surface area contributed by atoms with Crippen LogP contribution in [0.5, 0.6) is 0 Å². The zero-order valence-corrected chi connectivity index (χ0v) is 13.1. The van der Waals surface area contributed by atoms with Gasteiger partial charge in [-0.25, -0.2) is 4.98 Å². The van der Waals surface area contributed by atoms with E-state index in [4.69, 9.17) is 27.7 Å². The molecule has 0 aliphatic heterocycles. The minimum Gasteiger partial charge on any atom is -0.389 e. The van der Waals surface area contributed by atoms with Crippen molar-refractivity contribution in [2.75, 3.05) is 19.0 Å². The lowest BCUT2D eigenvalue weighted by Gasteiger charge is -2.21. The summed E-state index contributed by atoms with van der Waals surface area (Å²) in [6.45, 7) is 2.84. The minimum atomic E-state index is 0.275. The summed E-state index contributed by atoms with van der Waals surface area (Å²) < 4.78 is 5.11. The normalized spacial score (nSPS) is 15.5. The average molecular weight is 293 g/mol. The van der Waals surface area contributed by atoms with Gasteiger partial charge >= 0.3 is 0 Å². The Labute approximate surface area is 126 Å². The number of rotatable bonds is 6. The van der Waals surface area contributed by atoms with E-state index >= 15 is 0 Å². The number of methoxy groups -OCH3 is 1. The van der Waals surface area contributed by atoms with Crippen LogP contribution < -0.4 is 11.1 Å². The van der Waals surface area contributed by atoms with Gasteiger partial charge in [-0.1, -0.05) is 12.2 Å². The lowest BCUT2D eigenvalue weighted by Crippen LogP contribution is -2.23. The summed E-state index contributed by atoms with van der Waals surface area (Å²) >= 11 is 5.17. The number of hydrogen-bond donors (Lipinski definition) is 2. The van der Waals surface area contributed by atoms with Gasteiger partial charge in [0.15, 0.2) is 0 Å². The molecule has 1 aliphatic carbocycles. The van der Waals surface area contributed by atoms with Gasteiger partial charge in [0.1, 0.15) is 10.8 Å². The monoisotopic (exact) mass is 293 g/mol. The molecule has 0 fully saturated rings. The molecular weight excluding hydrogens is 270 g/mol. The Hall–Kier alpha value is -1.20. The van der Waals surface area contributed by atoms with Crippen molar-refractivity contribution in [3.63, 3.8) is 0 Å². The smallest absolute Gasteiger partial charge is 0.136 e. The van der Waals surface area contributed by atoms with E-state index < -0.39 is 0 Å². The van der Waals surface area contributed by atoms with E-state index in [9.17, 15) is 0 Å². The second-order valence-corrected chi connectivity index (χ2v) is 5.83. The van der Waals surface area contributed by atoms with E-state index in [2.05, 4.69) is 18.3 Å². The fraction of sp³-hybridized carbons (Fsp3) is 0.600. The van der Waals surface area contributed by atoms with Gasteiger partial charge in [0.2, 0.25) is 0 Å². The Kier molecular flexibility index (Phi) is 5.31. The van der Waals surface area contributed by atoms with Gasteiger partial charge in [0.05, 0.1) is 5.56 Å². The highest BCUT2D eigenvalue weighted by atomic mass is 32.1. The Bertz CT molecular complexity index is 490. The standard InChI is InChI=1S/C15H23N3OS/c1-10(7-8-19-2)17-15-12(14(16)20)9-11-5-3-4-6-13(11)18-15/h9-10H,3-8H2,1-2H3,(H2,16,20)(H,17,18). The van der Waals surface area contributed by atoms with Crippen molar-refractivity contribution in [2.45, 2.75) is 45.1 Å². The first-order chi connectivity index (χ1) is 9.61. The Morgan fingerprint density at radius 2 is 2.25 bits per heavy atom. The van der Waals surface area contributed by atoms with Gasteiger partial charge in [-0.15, -0.1) is 0 Å². The second kappa shape index (κ2) is 6.99. The number of fused-ring (bicyclic) bond motifs is 1. The molecule has 1 aromatic rings. The Morgan fingerprint density at radius 1 is 1.50 bits per heavy atom. The maximum Gasteiger partial charge on any atom is 0.136 e. The van der Waals surface area contributed by atoms with E-state index in [0.717, 1.165) is 37.3 Å². The summed E-state index contributed by atoms with van der Waals surface area (Å²) in [5.41, 5.74) is 9.21. The van der Waals surface area contributed by atoms with Gasteiger partial charge < -0.3 is 15.8 Å². The molecule has 4 nitrogen and oxygen atoms in total. The Balaban J connectivity index is 2.23. The molecule has 0 saturated carbocycles. The second-order valence-electron chi connectivity index (χ2n) is 5.39. The van der Waals surface area contributed by atoms with Crippen molar-refractivity contribution in [1.29, 1.82) is 0 Å². The fourth-order valence-electron chi connectivity index (χ4n) is 2.53. The molecule has 2 rings (SSSR count). The topological polar surface area (TPSA) is 60.2 Å². The van der Waals surface area contributed by atoms with E-state index in [1.54, 1.807) is 7.11 Å². The van der Waals surface area contributed by atoms with Crippen LogP contribution in [0, 0.1) is 0 Å². The van der Waals surface area contributed by atoms with Crippen LogP contribution in [0.4, 0.5) is 5.82 Å². The molecule has 20 heavy (non-hydrogen) atoms. The lowest BCUT2D eigenvalue weighted by molar-refractivity contribution is 0.191. The highest BCUT2D eigenvalue weighted by Gasteiger charge is 2.17. The van der Waals surface area contributed by atoms with Crippen molar-refractivity contribution >= 4 is 23.0 Å². The van der Waals surface area contributed by atoms with Crippen LogP contribution in [-0.4, -0.2) is 29.7 Å². The number of nitrogens with zero attached hydrogens (tertiary/aromatic N) is 1. The van der Waals surface area contributed by atoms with Crippen molar-refractivity contribution in [2.24, 2.45) is 5.73 Å². The molecule has 1 atom stereocenters. The number of thiocarbonyl (C=S) groups is 1. The summed E-state index contributed by atoms with van der Waals surface area (Å²) in [5, 5.41) is 3.42. The van der Waals surface area contributed by atoms with E-state index in [-0.39, 0.29) is 6.04 Å². The molecule has 110 valence electrons. The van der Waals surface area contributed by atoms with Gasteiger partial charge in [0, 0.05) is 25.5 Å². The zero-order valence-electron chi connectivity index (χ0n) is 12.2. The first-order valence-corrected chi connectivity index (χ1v) is 7.60. The van der Waals surface area contributed by atoms with Crippen LogP contribution in [0.1, 0.15) is 43.0 Å². The molecule has 5 heteroatoms. The van der Waals surface area contributed by atoms with Gasteiger partial charge in [-0.2, -0.15) is 0 Å². The first kappa shape index (κ1) is 15.2. The van der Waals surface area contributed by atoms with Crippen LogP contribution >= 0.6 is 12.2 Å². The summed E-state index contributed by atoms with van der Waals surface area (Å²) in [6.07, 6.45) is 5.49. The molecule has 1 unspecified atom stereocenters. The number of anilines is 1. The van der Waals surface area contributed by atoms with Gasteiger partial charge in [-0.3, -0.25) is 0 Å². The van der Waals surface area contributed by atoms with Crippen LogP contribution in [0.15, 0.2) is 6.07 Å². The van der Waals surface area contributed by atoms with Crippen LogP contribution in [0.25, 0.3) is 0 Å². The number of nitrogens with one attached hydrogen (secondary N) is 1. The van der Waals surface area contributed by atoms with Crippen LogP contribution in [0.2, 0.25) is 0 Å².